The van der Waals surface area contributed by atoms with Crippen LogP contribution in [-0.2, 0) is 0 Å². The zero-order valence-corrected chi connectivity index (χ0v) is 13.2. The fraction of sp³-hybridized carbons (Fsp3) is 0.429. The van der Waals surface area contributed by atoms with Gasteiger partial charge in [-0.2, -0.15) is 5.26 Å². The van der Waals surface area contributed by atoms with E-state index in [1.807, 2.05) is 6.07 Å². The first-order chi connectivity index (χ1) is 9.67. The van der Waals surface area contributed by atoms with Crippen LogP contribution in [0.5, 0.6) is 0 Å². The van der Waals surface area contributed by atoms with E-state index in [1.54, 1.807) is 17.5 Å². The largest absolute Gasteiger partial charge is 0.393 e. The molecule has 4 nitrogen and oxygen atoms in total. The smallest absolute Gasteiger partial charge is 0.135 e. The van der Waals surface area contributed by atoms with Crippen molar-refractivity contribution in [2.75, 3.05) is 5.32 Å². The van der Waals surface area contributed by atoms with Crippen molar-refractivity contribution in [3.8, 4) is 6.07 Å². The van der Waals surface area contributed by atoms with E-state index in [9.17, 15) is 5.11 Å². The number of hydrogen-bond acceptors (Lipinski definition) is 5. The van der Waals surface area contributed by atoms with Crippen LogP contribution in [-0.4, -0.2) is 22.2 Å². The Balaban J connectivity index is 1.90. The molecule has 104 valence electrons. The third kappa shape index (κ3) is 2.66. The van der Waals surface area contributed by atoms with E-state index in [0.717, 1.165) is 45.4 Å². The predicted molar refractivity (Wildman–Crippen MR) is 83.9 cm³/mol. The van der Waals surface area contributed by atoms with Crippen molar-refractivity contribution in [1.29, 1.82) is 5.26 Å². The normalized spacial score (nSPS) is 22.6. The van der Waals surface area contributed by atoms with Gasteiger partial charge >= 0.3 is 0 Å². The summed E-state index contributed by atoms with van der Waals surface area (Å²) in [5.41, 5.74) is 0.611. The Morgan fingerprint density at radius 3 is 2.85 bits per heavy atom. The Morgan fingerprint density at radius 2 is 2.15 bits per heavy atom. The lowest BCUT2D eigenvalue weighted by molar-refractivity contribution is 0.126. The van der Waals surface area contributed by atoms with Gasteiger partial charge in [-0.15, -0.1) is 11.3 Å². The Labute approximate surface area is 129 Å². The van der Waals surface area contributed by atoms with E-state index < -0.39 is 0 Å². The van der Waals surface area contributed by atoms with Gasteiger partial charge in [0.05, 0.1) is 20.2 Å². The number of anilines is 1. The summed E-state index contributed by atoms with van der Waals surface area (Å²) >= 11 is 5.03. The SMILES string of the molecule is N#Cc1cnc(N[C@H]2CC[C@H](O)CC2)c2cc(Br)sc12. The summed E-state index contributed by atoms with van der Waals surface area (Å²) in [7, 11) is 0. The van der Waals surface area contributed by atoms with Crippen LogP contribution in [0.2, 0.25) is 0 Å². The molecule has 0 aromatic carbocycles. The maximum absolute atomic E-state index is 9.55. The average molecular weight is 352 g/mol. The summed E-state index contributed by atoms with van der Waals surface area (Å²) in [6.07, 6.45) is 5.06. The molecule has 1 aliphatic rings. The maximum Gasteiger partial charge on any atom is 0.135 e. The molecule has 0 unspecified atom stereocenters. The van der Waals surface area contributed by atoms with Gasteiger partial charge in [-0.3, -0.25) is 0 Å². The second-order valence-electron chi connectivity index (χ2n) is 5.08. The molecule has 1 aliphatic carbocycles. The number of thiophene rings is 1. The van der Waals surface area contributed by atoms with Crippen molar-refractivity contribution in [3.05, 3.63) is 21.6 Å². The van der Waals surface area contributed by atoms with Gasteiger partial charge < -0.3 is 10.4 Å². The molecule has 2 N–H and O–H groups in total. The number of halogens is 1. The van der Waals surface area contributed by atoms with E-state index in [2.05, 4.69) is 32.3 Å². The van der Waals surface area contributed by atoms with Crippen molar-refractivity contribution in [3.63, 3.8) is 0 Å². The summed E-state index contributed by atoms with van der Waals surface area (Å²) in [6.45, 7) is 0. The highest BCUT2D eigenvalue weighted by Gasteiger charge is 2.21. The van der Waals surface area contributed by atoms with Crippen molar-refractivity contribution < 1.29 is 5.11 Å². The Morgan fingerprint density at radius 1 is 1.40 bits per heavy atom. The highest BCUT2D eigenvalue weighted by atomic mass is 79.9. The third-order valence-electron chi connectivity index (χ3n) is 3.68. The topological polar surface area (TPSA) is 68.9 Å². The number of nitrogens with one attached hydrogen (secondary N) is 1. The summed E-state index contributed by atoms with van der Waals surface area (Å²) in [5, 5.41) is 23.1. The minimum Gasteiger partial charge on any atom is -0.393 e. The molecule has 0 atom stereocenters. The zero-order valence-electron chi connectivity index (χ0n) is 10.8. The molecule has 20 heavy (non-hydrogen) atoms. The lowest BCUT2D eigenvalue weighted by atomic mass is 9.93. The fourth-order valence-electron chi connectivity index (χ4n) is 2.60. The monoisotopic (exact) mass is 351 g/mol. The number of aromatic nitrogens is 1. The first-order valence-corrected chi connectivity index (χ1v) is 8.21. The van der Waals surface area contributed by atoms with Crippen molar-refractivity contribution in [1.82, 2.24) is 4.98 Å². The van der Waals surface area contributed by atoms with E-state index in [4.69, 9.17) is 5.26 Å². The van der Waals surface area contributed by atoms with Gasteiger partial charge in [0.2, 0.25) is 0 Å². The predicted octanol–water partition coefficient (Wildman–Crippen LogP) is 3.65. The van der Waals surface area contributed by atoms with Crippen LogP contribution < -0.4 is 5.32 Å². The molecule has 1 saturated carbocycles. The number of pyridine rings is 1. The van der Waals surface area contributed by atoms with Gasteiger partial charge in [-0.1, -0.05) is 0 Å². The third-order valence-corrected chi connectivity index (χ3v) is 5.35. The molecule has 2 heterocycles. The van der Waals surface area contributed by atoms with Gasteiger partial charge in [0.25, 0.3) is 0 Å². The highest BCUT2D eigenvalue weighted by molar-refractivity contribution is 9.11. The highest BCUT2D eigenvalue weighted by Crippen LogP contribution is 2.36. The number of fused-ring (bicyclic) bond motifs is 1. The molecule has 0 aliphatic heterocycles. The van der Waals surface area contributed by atoms with Gasteiger partial charge in [-0.25, -0.2) is 4.98 Å². The number of hydrogen-bond donors (Lipinski definition) is 2. The molecule has 1 fully saturated rings. The number of aliphatic hydroxyl groups excluding tert-OH is 1. The molecule has 0 radical (unpaired) electrons. The lowest BCUT2D eigenvalue weighted by Gasteiger charge is -2.26. The second-order valence-corrected chi connectivity index (χ2v) is 7.51. The molecule has 0 amide bonds. The summed E-state index contributed by atoms with van der Waals surface area (Å²) in [5.74, 6) is 0.835. The van der Waals surface area contributed by atoms with Crippen LogP contribution in [0.25, 0.3) is 10.1 Å². The minimum absolute atomic E-state index is 0.155. The summed E-state index contributed by atoms with van der Waals surface area (Å²) in [4.78, 5) is 4.39. The maximum atomic E-state index is 9.55. The van der Waals surface area contributed by atoms with Crippen LogP contribution in [0, 0.1) is 11.3 Å². The molecular formula is C14H14BrN3OS. The van der Waals surface area contributed by atoms with Crippen molar-refractivity contribution in [2.45, 2.75) is 37.8 Å². The van der Waals surface area contributed by atoms with Gasteiger partial charge in [0, 0.05) is 17.6 Å². The van der Waals surface area contributed by atoms with Crippen molar-refractivity contribution >= 4 is 43.2 Å². The Bertz CT molecular complexity index is 671. The van der Waals surface area contributed by atoms with Gasteiger partial charge in [0.15, 0.2) is 0 Å². The first-order valence-electron chi connectivity index (χ1n) is 6.60. The molecular weight excluding hydrogens is 338 g/mol. The summed E-state index contributed by atoms with van der Waals surface area (Å²) < 4.78 is 1.96. The van der Waals surface area contributed by atoms with E-state index in [0.29, 0.717) is 11.6 Å². The van der Waals surface area contributed by atoms with E-state index >= 15 is 0 Å². The molecule has 6 heteroatoms. The Kier molecular flexibility index (Phi) is 3.92. The molecule has 2 aromatic rings. The number of nitriles is 1. The molecule has 2 aromatic heterocycles. The number of nitrogens with zero attached hydrogens (tertiary/aromatic N) is 2. The average Bonchev–Trinajstić information content (AvgIpc) is 2.83. The van der Waals surface area contributed by atoms with Crippen molar-refractivity contribution in [2.24, 2.45) is 0 Å². The second kappa shape index (κ2) is 5.68. The van der Waals surface area contributed by atoms with E-state index in [1.165, 1.54) is 0 Å². The van der Waals surface area contributed by atoms with Gasteiger partial charge in [0.1, 0.15) is 11.9 Å². The molecule has 0 spiro atoms. The zero-order chi connectivity index (χ0) is 14.1. The number of aliphatic hydroxyl groups is 1. The van der Waals surface area contributed by atoms with Gasteiger partial charge in [-0.05, 0) is 47.7 Å². The molecule has 0 bridgehead atoms. The van der Waals surface area contributed by atoms with Crippen LogP contribution in [0.1, 0.15) is 31.2 Å². The fourth-order valence-corrected chi connectivity index (χ4v) is 4.16. The summed E-state index contributed by atoms with van der Waals surface area (Å²) in [6, 6.07) is 4.54. The minimum atomic E-state index is -0.155. The first kappa shape index (κ1) is 13.8. The Hall–Kier alpha value is -1.16. The molecule has 3 rings (SSSR count). The lowest BCUT2D eigenvalue weighted by Crippen LogP contribution is -2.28. The number of rotatable bonds is 2. The van der Waals surface area contributed by atoms with Crippen LogP contribution in [0.15, 0.2) is 16.0 Å². The van der Waals surface area contributed by atoms with E-state index in [-0.39, 0.29) is 6.10 Å². The quantitative estimate of drug-likeness (QED) is 0.866. The van der Waals surface area contributed by atoms with Crippen LogP contribution in [0.4, 0.5) is 5.82 Å². The van der Waals surface area contributed by atoms with Crippen LogP contribution >= 0.6 is 27.3 Å². The standard InChI is InChI=1S/C14H14BrN3OS/c15-12-5-11-13(20-12)8(6-16)7-17-14(11)18-9-1-3-10(19)4-2-9/h5,7,9-10,19H,1-4H2,(H,17,18)/t9-,10-. The van der Waals surface area contributed by atoms with Crippen LogP contribution in [0.3, 0.4) is 0 Å². The molecule has 0 saturated heterocycles.